The number of ether oxygens (including phenoxy) is 1. The van der Waals surface area contributed by atoms with Gasteiger partial charge < -0.3 is 9.26 Å². The maximum atomic E-state index is 12.0. The molecule has 0 radical (unpaired) electrons. The predicted octanol–water partition coefficient (Wildman–Crippen LogP) is 1.83. The van der Waals surface area contributed by atoms with Crippen molar-refractivity contribution in [3.63, 3.8) is 0 Å². The average molecular weight is 276 g/mol. The molecule has 1 atom stereocenters. The lowest BCUT2D eigenvalue weighted by Crippen LogP contribution is -2.21. The summed E-state index contributed by atoms with van der Waals surface area (Å²) in [5.41, 5.74) is 0.494. The summed E-state index contributed by atoms with van der Waals surface area (Å²) in [6.07, 6.45) is 4.63. The lowest BCUT2D eigenvalue weighted by Gasteiger charge is -2.14. The molecule has 106 valence electrons. The van der Waals surface area contributed by atoms with Gasteiger partial charge in [0.25, 0.3) is 0 Å². The number of aromatic nitrogens is 4. The monoisotopic (exact) mass is 276 g/mol. The molecule has 0 aliphatic heterocycles. The second-order valence-electron chi connectivity index (χ2n) is 4.52. The van der Waals surface area contributed by atoms with E-state index in [0.29, 0.717) is 18.1 Å². The highest BCUT2D eigenvalue weighted by molar-refractivity contribution is 5.77. The molecule has 20 heavy (non-hydrogen) atoms. The maximum absolute atomic E-state index is 12.0. The minimum absolute atomic E-state index is 0.00999. The van der Waals surface area contributed by atoms with Crippen LogP contribution < -0.4 is 0 Å². The van der Waals surface area contributed by atoms with Crippen LogP contribution in [0.2, 0.25) is 0 Å². The molecule has 0 amide bonds. The first-order valence-corrected chi connectivity index (χ1v) is 6.40. The largest absolute Gasteiger partial charge is 0.465 e. The highest BCUT2D eigenvalue weighted by Gasteiger charge is 2.31. The van der Waals surface area contributed by atoms with E-state index in [1.807, 2.05) is 13.8 Å². The third-order valence-corrected chi connectivity index (χ3v) is 2.71. The van der Waals surface area contributed by atoms with E-state index < -0.39 is 5.92 Å². The van der Waals surface area contributed by atoms with E-state index in [2.05, 4.69) is 20.1 Å². The topological polar surface area (TPSA) is 91.0 Å². The smallest absolute Gasteiger partial charge is 0.318 e. The molecule has 1 unspecified atom stereocenters. The number of esters is 1. The lowest BCUT2D eigenvalue weighted by atomic mass is 9.96. The minimum atomic E-state index is -0.576. The summed E-state index contributed by atoms with van der Waals surface area (Å²) in [6.45, 7) is 5.86. The Morgan fingerprint density at radius 1 is 1.40 bits per heavy atom. The zero-order valence-electron chi connectivity index (χ0n) is 11.6. The number of carbonyl (C=O) groups excluding carboxylic acids is 1. The highest BCUT2D eigenvalue weighted by atomic mass is 16.5. The van der Waals surface area contributed by atoms with Crippen molar-refractivity contribution in [2.75, 3.05) is 6.61 Å². The van der Waals surface area contributed by atoms with Crippen LogP contribution in [-0.4, -0.2) is 32.7 Å². The Morgan fingerprint density at radius 2 is 2.20 bits per heavy atom. The summed E-state index contributed by atoms with van der Waals surface area (Å²) < 4.78 is 10.2. The van der Waals surface area contributed by atoms with Crippen molar-refractivity contribution in [1.82, 2.24) is 20.1 Å². The third kappa shape index (κ3) is 2.98. The van der Waals surface area contributed by atoms with Crippen LogP contribution in [0, 0.1) is 5.92 Å². The van der Waals surface area contributed by atoms with E-state index in [9.17, 15) is 4.79 Å². The first kappa shape index (κ1) is 14.1. The molecule has 7 nitrogen and oxygen atoms in total. The highest BCUT2D eigenvalue weighted by Crippen LogP contribution is 2.26. The average Bonchev–Trinajstić information content (AvgIpc) is 2.89. The van der Waals surface area contributed by atoms with Crippen molar-refractivity contribution < 1.29 is 14.1 Å². The summed E-state index contributed by atoms with van der Waals surface area (Å²) >= 11 is 0. The van der Waals surface area contributed by atoms with Gasteiger partial charge in [-0.3, -0.25) is 9.78 Å². The van der Waals surface area contributed by atoms with Gasteiger partial charge in [0.2, 0.25) is 11.7 Å². The van der Waals surface area contributed by atoms with Crippen LogP contribution in [0.3, 0.4) is 0 Å². The van der Waals surface area contributed by atoms with Crippen LogP contribution in [0.1, 0.15) is 32.6 Å². The molecule has 0 saturated heterocycles. The Morgan fingerprint density at radius 3 is 2.80 bits per heavy atom. The van der Waals surface area contributed by atoms with Crippen molar-refractivity contribution in [3.8, 4) is 11.5 Å². The first-order valence-electron chi connectivity index (χ1n) is 6.40. The van der Waals surface area contributed by atoms with Gasteiger partial charge in [0.05, 0.1) is 12.8 Å². The van der Waals surface area contributed by atoms with Gasteiger partial charge in [-0.2, -0.15) is 4.98 Å². The molecule has 0 spiro atoms. The number of carbonyl (C=O) groups is 1. The molecule has 0 aliphatic rings. The normalized spacial score (nSPS) is 12.4. The maximum Gasteiger partial charge on any atom is 0.318 e. The molecule has 2 aromatic rings. The zero-order valence-corrected chi connectivity index (χ0v) is 11.6. The quantitative estimate of drug-likeness (QED) is 0.769. The number of rotatable bonds is 5. The molecule has 2 aromatic heterocycles. The lowest BCUT2D eigenvalue weighted by molar-refractivity contribution is -0.146. The van der Waals surface area contributed by atoms with Crippen molar-refractivity contribution >= 4 is 5.97 Å². The fourth-order valence-electron chi connectivity index (χ4n) is 1.77. The Hall–Kier alpha value is -2.31. The van der Waals surface area contributed by atoms with Gasteiger partial charge in [-0.15, -0.1) is 0 Å². The Kier molecular flexibility index (Phi) is 4.39. The Bertz CT molecular complexity index is 568. The molecule has 0 fully saturated rings. The van der Waals surface area contributed by atoms with Crippen molar-refractivity contribution in [3.05, 3.63) is 24.5 Å². The van der Waals surface area contributed by atoms with Crippen molar-refractivity contribution in [1.29, 1.82) is 0 Å². The van der Waals surface area contributed by atoms with E-state index in [0.717, 1.165) is 0 Å². The fraction of sp³-hybridized carbons (Fsp3) is 0.462. The summed E-state index contributed by atoms with van der Waals surface area (Å²) in [5.74, 6) is -0.406. The van der Waals surface area contributed by atoms with Gasteiger partial charge in [-0.1, -0.05) is 19.0 Å². The summed E-state index contributed by atoms with van der Waals surface area (Å²) in [4.78, 5) is 24.2. The van der Waals surface area contributed by atoms with Gasteiger partial charge >= 0.3 is 5.97 Å². The van der Waals surface area contributed by atoms with Crippen LogP contribution >= 0.6 is 0 Å². The van der Waals surface area contributed by atoms with E-state index in [-0.39, 0.29) is 17.8 Å². The standard InChI is InChI=1S/C13H16N4O3/c1-4-19-13(18)10(8(2)3)12-16-11(17-20-12)9-7-14-5-6-15-9/h5-8,10H,4H2,1-3H3. The van der Waals surface area contributed by atoms with Crippen LogP contribution in [0.15, 0.2) is 23.1 Å². The van der Waals surface area contributed by atoms with Crippen molar-refractivity contribution in [2.45, 2.75) is 26.7 Å². The first-order chi connectivity index (χ1) is 9.63. The van der Waals surface area contributed by atoms with Crippen LogP contribution in [0.4, 0.5) is 0 Å². The molecule has 0 N–H and O–H groups in total. The van der Waals surface area contributed by atoms with Gasteiger partial charge in [0.15, 0.2) is 0 Å². The van der Waals surface area contributed by atoms with E-state index in [1.165, 1.54) is 12.4 Å². The number of nitrogens with zero attached hydrogens (tertiary/aromatic N) is 4. The SMILES string of the molecule is CCOC(=O)C(c1nc(-c2cnccn2)no1)C(C)C. The fourth-order valence-corrected chi connectivity index (χ4v) is 1.77. The summed E-state index contributed by atoms with van der Waals surface area (Å²) in [5, 5.41) is 3.84. The van der Waals surface area contributed by atoms with Crippen LogP contribution in [0.25, 0.3) is 11.5 Å². The molecular weight excluding hydrogens is 260 g/mol. The molecular formula is C13H16N4O3. The number of hydrogen-bond donors (Lipinski definition) is 0. The molecule has 2 rings (SSSR count). The second-order valence-corrected chi connectivity index (χ2v) is 4.52. The minimum Gasteiger partial charge on any atom is -0.465 e. The van der Waals surface area contributed by atoms with Gasteiger partial charge in [-0.05, 0) is 12.8 Å². The van der Waals surface area contributed by atoms with Crippen LogP contribution in [-0.2, 0) is 9.53 Å². The van der Waals surface area contributed by atoms with Gasteiger partial charge in [-0.25, -0.2) is 4.98 Å². The molecule has 0 aromatic carbocycles. The second kappa shape index (κ2) is 6.23. The van der Waals surface area contributed by atoms with E-state index in [1.54, 1.807) is 13.1 Å². The molecule has 0 saturated carbocycles. The van der Waals surface area contributed by atoms with Gasteiger partial charge in [0, 0.05) is 12.4 Å². The van der Waals surface area contributed by atoms with E-state index in [4.69, 9.17) is 9.26 Å². The van der Waals surface area contributed by atoms with E-state index >= 15 is 0 Å². The Balaban J connectivity index is 2.28. The predicted molar refractivity (Wildman–Crippen MR) is 69.5 cm³/mol. The Labute approximate surface area is 116 Å². The zero-order chi connectivity index (χ0) is 14.5. The molecule has 2 heterocycles. The van der Waals surface area contributed by atoms with Gasteiger partial charge in [0.1, 0.15) is 11.6 Å². The number of hydrogen-bond acceptors (Lipinski definition) is 7. The molecule has 0 aliphatic carbocycles. The van der Waals surface area contributed by atoms with Crippen molar-refractivity contribution in [2.24, 2.45) is 5.92 Å². The molecule has 0 bridgehead atoms. The molecule has 7 heteroatoms. The van der Waals surface area contributed by atoms with Crippen LogP contribution in [0.5, 0.6) is 0 Å². The third-order valence-electron chi connectivity index (χ3n) is 2.71. The summed E-state index contributed by atoms with van der Waals surface area (Å²) in [7, 11) is 0. The summed E-state index contributed by atoms with van der Waals surface area (Å²) in [6, 6.07) is 0.